The van der Waals surface area contributed by atoms with E-state index in [2.05, 4.69) is 10.6 Å². The second-order valence-corrected chi connectivity index (χ2v) is 6.32. The van der Waals surface area contributed by atoms with Crippen LogP contribution in [-0.4, -0.2) is 41.9 Å². The Labute approximate surface area is 137 Å². The van der Waals surface area contributed by atoms with E-state index in [1.54, 1.807) is 20.8 Å². The summed E-state index contributed by atoms with van der Waals surface area (Å²) in [6.07, 6.45) is 0.588. The number of carboxylic acids is 1. The molecule has 0 bridgehead atoms. The van der Waals surface area contributed by atoms with Gasteiger partial charge in [0, 0.05) is 6.54 Å². The molecule has 0 fully saturated rings. The first-order valence-corrected chi connectivity index (χ1v) is 7.75. The van der Waals surface area contributed by atoms with Crippen molar-refractivity contribution in [1.82, 2.24) is 10.6 Å². The maximum atomic E-state index is 11.5. The molecule has 3 N–H and O–H groups in total. The van der Waals surface area contributed by atoms with Crippen molar-refractivity contribution in [2.75, 3.05) is 13.1 Å². The highest BCUT2D eigenvalue weighted by atomic mass is 16.6. The number of benzene rings is 1. The number of rotatable bonds is 8. The molecule has 0 aliphatic heterocycles. The molecule has 0 radical (unpaired) electrons. The van der Waals surface area contributed by atoms with Crippen molar-refractivity contribution in [3.05, 3.63) is 35.9 Å². The van der Waals surface area contributed by atoms with Crippen molar-refractivity contribution in [3.8, 4) is 0 Å². The van der Waals surface area contributed by atoms with Crippen LogP contribution in [0.5, 0.6) is 0 Å². The second-order valence-electron chi connectivity index (χ2n) is 6.32. The van der Waals surface area contributed by atoms with Gasteiger partial charge in [-0.1, -0.05) is 30.3 Å². The monoisotopic (exact) mass is 322 g/mol. The summed E-state index contributed by atoms with van der Waals surface area (Å²) >= 11 is 0. The van der Waals surface area contributed by atoms with Crippen LogP contribution in [0.3, 0.4) is 0 Å². The normalized spacial score (nSPS) is 12.5. The number of ether oxygens (including phenoxy) is 1. The SMILES string of the molecule is CC(C)(C)OC(=O)NCCCN[C@@H](Cc1ccccc1)C(=O)O. The van der Waals surface area contributed by atoms with Gasteiger partial charge in [0.25, 0.3) is 0 Å². The highest BCUT2D eigenvalue weighted by Crippen LogP contribution is 2.06. The molecule has 1 amide bonds. The molecule has 0 saturated carbocycles. The van der Waals surface area contributed by atoms with Crippen molar-refractivity contribution in [3.63, 3.8) is 0 Å². The van der Waals surface area contributed by atoms with Gasteiger partial charge < -0.3 is 20.5 Å². The fourth-order valence-corrected chi connectivity index (χ4v) is 1.97. The highest BCUT2D eigenvalue weighted by molar-refractivity contribution is 5.73. The lowest BCUT2D eigenvalue weighted by Crippen LogP contribution is -2.40. The minimum Gasteiger partial charge on any atom is -0.480 e. The van der Waals surface area contributed by atoms with Crippen molar-refractivity contribution < 1.29 is 19.4 Å². The van der Waals surface area contributed by atoms with Gasteiger partial charge in [0.1, 0.15) is 11.6 Å². The Kier molecular flexibility index (Phi) is 7.54. The molecule has 0 unspecified atom stereocenters. The number of carboxylic acid groups (broad SMARTS) is 1. The summed E-state index contributed by atoms with van der Waals surface area (Å²) in [7, 11) is 0. The summed E-state index contributed by atoms with van der Waals surface area (Å²) in [5, 5.41) is 14.9. The molecule has 1 aromatic carbocycles. The number of carbonyl (C=O) groups excluding carboxylic acids is 1. The quantitative estimate of drug-likeness (QED) is 0.639. The van der Waals surface area contributed by atoms with Crippen LogP contribution in [0.4, 0.5) is 4.79 Å². The Balaban J connectivity index is 2.26. The van der Waals surface area contributed by atoms with Crippen molar-refractivity contribution in [2.45, 2.75) is 45.3 Å². The van der Waals surface area contributed by atoms with Gasteiger partial charge in [-0.15, -0.1) is 0 Å². The molecule has 0 spiro atoms. The van der Waals surface area contributed by atoms with Gasteiger partial charge in [-0.05, 0) is 45.7 Å². The van der Waals surface area contributed by atoms with Crippen LogP contribution in [0.15, 0.2) is 30.3 Å². The van der Waals surface area contributed by atoms with E-state index < -0.39 is 23.7 Å². The average Bonchev–Trinajstić information content (AvgIpc) is 2.44. The van der Waals surface area contributed by atoms with Crippen LogP contribution in [0.2, 0.25) is 0 Å². The maximum Gasteiger partial charge on any atom is 0.407 e. The minimum absolute atomic E-state index is 0.426. The first-order valence-electron chi connectivity index (χ1n) is 7.75. The molecule has 1 atom stereocenters. The molecule has 0 aliphatic carbocycles. The lowest BCUT2D eigenvalue weighted by atomic mass is 10.1. The molecule has 128 valence electrons. The third kappa shape index (κ3) is 8.83. The predicted octanol–water partition coefficient (Wildman–Crippen LogP) is 2.19. The standard InChI is InChI=1S/C17H26N2O4/c1-17(2,3)23-16(22)19-11-7-10-18-14(15(20)21)12-13-8-5-4-6-9-13/h4-6,8-9,14,18H,7,10-12H2,1-3H3,(H,19,22)(H,20,21)/t14-/m0/s1. The number of carbonyl (C=O) groups is 2. The van der Waals surface area contributed by atoms with Gasteiger partial charge in [-0.2, -0.15) is 0 Å². The summed E-state index contributed by atoms with van der Waals surface area (Å²) in [6.45, 7) is 6.33. The number of nitrogens with one attached hydrogen (secondary N) is 2. The van der Waals surface area contributed by atoms with Crippen LogP contribution in [0, 0.1) is 0 Å². The summed E-state index contributed by atoms with van der Waals surface area (Å²) in [5.74, 6) is -0.881. The highest BCUT2D eigenvalue weighted by Gasteiger charge is 2.17. The van der Waals surface area contributed by atoms with Gasteiger partial charge in [0.15, 0.2) is 0 Å². The molecular weight excluding hydrogens is 296 g/mol. The largest absolute Gasteiger partial charge is 0.480 e. The fourth-order valence-electron chi connectivity index (χ4n) is 1.97. The topological polar surface area (TPSA) is 87.7 Å². The molecule has 0 aliphatic rings. The molecule has 0 aromatic heterocycles. The lowest BCUT2D eigenvalue weighted by Gasteiger charge is -2.20. The van der Waals surface area contributed by atoms with E-state index in [4.69, 9.17) is 4.74 Å². The first kappa shape index (κ1) is 19.0. The van der Waals surface area contributed by atoms with Crippen LogP contribution in [0.1, 0.15) is 32.8 Å². The Hall–Kier alpha value is -2.08. The van der Waals surface area contributed by atoms with Gasteiger partial charge >= 0.3 is 12.1 Å². The maximum absolute atomic E-state index is 11.5. The van der Waals surface area contributed by atoms with Gasteiger partial charge in [-0.25, -0.2) is 4.79 Å². The number of amides is 1. The number of hydrogen-bond acceptors (Lipinski definition) is 4. The molecule has 6 nitrogen and oxygen atoms in total. The lowest BCUT2D eigenvalue weighted by molar-refractivity contribution is -0.139. The summed E-state index contributed by atoms with van der Waals surface area (Å²) in [5.41, 5.74) is 0.450. The Morgan fingerprint density at radius 3 is 2.39 bits per heavy atom. The zero-order chi connectivity index (χ0) is 17.3. The number of aliphatic carboxylic acids is 1. The second kappa shape index (κ2) is 9.15. The molecule has 23 heavy (non-hydrogen) atoms. The van der Waals surface area contributed by atoms with Crippen molar-refractivity contribution in [2.24, 2.45) is 0 Å². The molecule has 6 heteroatoms. The zero-order valence-corrected chi connectivity index (χ0v) is 14.0. The van der Waals surface area contributed by atoms with E-state index in [9.17, 15) is 14.7 Å². The van der Waals surface area contributed by atoms with Crippen LogP contribution < -0.4 is 10.6 Å². The third-order valence-electron chi connectivity index (χ3n) is 2.99. The van der Waals surface area contributed by atoms with Crippen LogP contribution >= 0.6 is 0 Å². The Bertz CT molecular complexity index is 497. The van der Waals surface area contributed by atoms with Gasteiger partial charge in [0.05, 0.1) is 0 Å². The predicted molar refractivity (Wildman–Crippen MR) is 88.4 cm³/mol. The number of alkyl carbamates (subject to hydrolysis) is 1. The third-order valence-corrected chi connectivity index (χ3v) is 2.99. The van der Waals surface area contributed by atoms with Crippen LogP contribution in [-0.2, 0) is 16.0 Å². The Morgan fingerprint density at radius 2 is 1.83 bits per heavy atom. The van der Waals surface area contributed by atoms with Crippen molar-refractivity contribution in [1.29, 1.82) is 0 Å². The molecule has 0 saturated heterocycles. The minimum atomic E-state index is -0.881. The summed E-state index contributed by atoms with van der Waals surface area (Å²) in [4.78, 5) is 22.7. The van der Waals surface area contributed by atoms with Gasteiger partial charge in [0.2, 0.25) is 0 Å². The Morgan fingerprint density at radius 1 is 1.17 bits per heavy atom. The molecule has 0 heterocycles. The zero-order valence-electron chi connectivity index (χ0n) is 14.0. The van der Waals surface area contributed by atoms with E-state index >= 15 is 0 Å². The van der Waals surface area contributed by atoms with Gasteiger partial charge in [-0.3, -0.25) is 4.79 Å². The van der Waals surface area contributed by atoms with E-state index in [-0.39, 0.29) is 0 Å². The smallest absolute Gasteiger partial charge is 0.407 e. The van der Waals surface area contributed by atoms with E-state index in [1.807, 2.05) is 30.3 Å². The molecule has 1 aromatic rings. The molecule has 1 rings (SSSR count). The summed E-state index contributed by atoms with van der Waals surface area (Å²) in [6, 6.07) is 8.84. The number of hydrogen-bond donors (Lipinski definition) is 3. The fraction of sp³-hybridized carbons (Fsp3) is 0.529. The van der Waals surface area contributed by atoms with Crippen LogP contribution in [0.25, 0.3) is 0 Å². The van der Waals surface area contributed by atoms with E-state index in [0.717, 1.165) is 5.56 Å². The van der Waals surface area contributed by atoms with E-state index in [1.165, 1.54) is 0 Å². The van der Waals surface area contributed by atoms with E-state index in [0.29, 0.717) is 25.9 Å². The molecular formula is C17H26N2O4. The first-order chi connectivity index (χ1) is 10.8. The van der Waals surface area contributed by atoms with Crippen molar-refractivity contribution >= 4 is 12.1 Å². The summed E-state index contributed by atoms with van der Waals surface area (Å²) < 4.78 is 5.12. The average molecular weight is 322 g/mol.